The van der Waals surface area contributed by atoms with E-state index in [1.807, 2.05) is 12.1 Å². The van der Waals surface area contributed by atoms with Gasteiger partial charge in [0.05, 0.1) is 5.56 Å². The Balaban J connectivity index is 2.19. The number of rotatable bonds is 2. The van der Waals surface area contributed by atoms with Crippen LogP contribution in [0.1, 0.15) is 10.4 Å². The van der Waals surface area contributed by atoms with E-state index >= 15 is 0 Å². The predicted molar refractivity (Wildman–Crippen MR) is 77.4 cm³/mol. The molecular formula is C13H12BrN3O. The first-order valence-electron chi connectivity index (χ1n) is 5.28. The topological polar surface area (TPSA) is 81.1 Å². The van der Waals surface area contributed by atoms with Gasteiger partial charge in [-0.25, -0.2) is 0 Å². The second kappa shape index (κ2) is 5.10. The average Bonchev–Trinajstić information content (AvgIpc) is 2.32. The van der Waals surface area contributed by atoms with E-state index in [9.17, 15) is 4.79 Å². The minimum atomic E-state index is -0.255. The monoisotopic (exact) mass is 305 g/mol. The summed E-state index contributed by atoms with van der Waals surface area (Å²) in [5, 5.41) is 2.77. The van der Waals surface area contributed by atoms with Gasteiger partial charge in [-0.15, -0.1) is 0 Å². The molecule has 2 aromatic carbocycles. The lowest BCUT2D eigenvalue weighted by molar-refractivity contribution is 0.102. The summed E-state index contributed by atoms with van der Waals surface area (Å²) in [7, 11) is 0. The van der Waals surface area contributed by atoms with E-state index in [0.717, 1.165) is 4.47 Å². The molecule has 4 nitrogen and oxygen atoms in total. The average molecular weight is 306 g/mol. The summed E-state index contributed by atoms with van der Waals surface area (Å²) < 4.78 is 0.951. The van der Waals surface area contributed by atoms with Crippen molar-refractivity contribution in [2.24, 2.45) is 0 Å². The van der Waals surface area contributed by atoms with E-state index in [1.54, 1.807) is 30.3 Å². The first kappa shape index (κ1) is 12.4. The highest BCUT2D eigenvalue weighted by Crippen LogP contribution is 2.19. The molecular weight excluding hydrogens is 294 g/mol. The quantitative estimate of drug-likeness (QED) is 0.746. The van der Waals surface area contributed by atoms with Crippen molar-refractivity contribution in [2.75, 3.05) is 16.8 Å². The van der Waals surface area contributed by atoms with Crippen LogP contribution in [0.5, 0.6) is 0 Å². The molecule has 0 aliphatic heterocycles. The summed E-state index contributed by atoms with van der Waals surface area (Å²) in [5.74, 6) is -0.255. The number of hydrogen-bond acceptors (Lipinski definition) is 3. The Bertz CT molecular complexity index is 581. The van der Waals surface area contributed by atoms with E-state index in [1.165, 1.54) is 0 Å². The Morgan fingerprint density at radius 1 is 1.06 bits per heavy atom. The third-order valence-electron chi connectivity index (χ3n) is 2.42. The number of halogens is 1. The van der Waals surface area contributed by atoms with Crippen molar-refractivity contribution in [1.82, 2.24) is 0 Å². The molecule has 1 amide bonds. The number of amides is 1. The zero-order valence-electron chi connectivity index (χ0n) is 9.48. The number of anilines is 3. The fourth-order valence-corrected chi connectivity index (χ4v) is 1.78. The Morgan fingerprint density at radius 2 is 1.72 bits per heavy atom. The van der Waals surface area contributed by atoms with Crippen LogP contribution in [0.3, 0.4) is 0 Å². The number of nitrogen functional groups attached to an aromatic ring is 2. The van der Waals surface area contributed by atoms with Crippen LogP contribution in [-0.4, -0.2) is 5.91 Å². The van der Waals surface area contributed by atoms with E-state index in [4.69, 9.17) is 11.5 Å². The SMILES string of the molecule is Nc1ccc(C(=O)Nc2ccc(Br)cc2)c(N)c1. The van der Waals surface area contributed by atoms with Crippen molar-refractivity contribution in [1.29, 1.82) is 0 Å². The van der Waals surface area contributed by atoms with Gasteiger partial charge in [0.15, 0.2) is 0 Å². The summed E-state index contributed by atoms with van der Waals surface area (Å²) in [6, 6.07) is 12.1. The summed E-state index contributed by atoms with van der Waals surface area (Å²) in [6.45, 7) is 0. The molecule has 0 aromatic heterocycles. The Labute approximate surface area is 113 Å². The van der Waals surface area contributed by atoms with Crippen LogP contribution in [0, 0.1) is 0 Å². The molecule has 0 radical (unpaired) electrons. The number of nitrogens with one attached hydrogen (secondary N) is 1. The van der Waals surface area contributed by atoms with E-state index < -0.39 is 0 Å². The molecule has 92 valence electrons. The summed E-state index contributed by atoms with van der Waals surface area (Å²) in [4.78, 5) is 12.0. The second-order valence-corrected chi connectivity index (χ2v) is 4.72. The maximum absolute atomic E-state index is 12.0. The third kappa shape index (κ3) is 2.81. The molecule has 0 bridgehead atoms. The fourth-order valence-electron chi connectivity index (χ4n) is 1.52. The normalized spacial score (nSPS) is 10.1. The maximum Gasteiger partial charge on any atom is 0.257 e. The molecule has 0 aliphatic rings. The summed E-state index contributed by atoms with van der Waals surface area (Å²) >= 11 is 3.33. The van der Waals surface area contributed by atoms with Crippen LogP contribution in [-0.2, 0) is 0 Å². The van der Waals surface area contributed by atoms with Crippen molar-refractivity contribution >= 4 is 38.9 Å². The van der Waals surface area contributed by atoms with Crippen molar-refractivity contribution < 1.29 is 4.79 Å². The summed E-state index contributed by atoms with van der Waals surface area (Å²) in [6.07, 6.45) is 0. The van der Waals surface area contributed by atoms with Crippen LogP contribution in [0.25, 0.3) is 0 Å². The summed E-state index contributed by atoms with van der Waals surface area (Å²) in [5.41, 5.74) is 13.3. The molecule has 0 atom stereocenters. The van der Waals surface area contributed by atoms with Crippen LogP contribution in [0.4, 0.5) is 17.1 Å². The lowest BCUT2D eigenvalue weighted by Crippen LogP contribution is -2.14. The zero-order chi connectivity index (χ0) is 13.1. The number of carbonyl (C=O) groups is 1. The first-order chi connectivity index (χ1) is 8.56. The number of nitrogens with two attached hydrogens (primary N) is 2. The van der Waals surface area contributed by atoms with E-state index in [-0.39, 0.29) is 5.91 Å². The highest BCUT2D eigenvalue weighted by Gasteiger charge is 2.09. The van der Waals surface area contributed by atoms with Crippen molar-refractivity contribution in [2.45, 2.75) is 0 Å². The Kier molecular flexibility index (Phi) is 3.53. The molecule has 0 unspecified atom stereocenters. The van der Waals surface area contributed by atoms with Gasteiger partial charge in [0.25, 0.3) is 5.91 Å². The smallest absolute Gasteiger partial charge is 0.257 e. The fraction of sp³-hybridized carbons (Fsp3) is 0. The Morgan fingerprint density at radius 3 is 2.33 bits per heavy atom. The van der Waals surface area contributed by atoms with Crippen molar-refractivity contribution in [3.63, 3.8) is 0 Å². The van der Waals surface area contributed by atoms with Crippen molar-refractivity contribution in [3.05, 3.63) is 52.5 Å². The van der Waals surface area contributed by atoms with Crippen LogP contribution >= 0.6 is 15.9 Å². The highest BCUT2D eigenvalue weighted by molar-refractivity contribution is 9.10. The number of hydrogen-bond donors (Lipinski definition) is 3. The largest absolute Gasteiger partial charge is 0.399 e. The van der Waals surface area contributed by atoms with Crippen LogP contribution < -0.4 is 16.8 Å². The lowest BCUT2D eigenvalue weighted by atomic mass is 10.1. The van der Waals surface area contributed by atoms with Gasteiger partial charge in [-0.1, -0.05) is 15.9 Å². The molecule has 0 aliphatic carbocycles. The second-order valence-electron chi connectivity index (χ2n) is 3.81. The molecule has 0 heterocycles. The maximum atomic E-state index is 12.0. The molecule has 5 heteroatoms. The number of benzene rings is 2. The van der Waals surface area contributed by atoms with E-state index in [2.05, 4.69) is 21.2 Å². The molecule has 2 rings (SSSR count). The van der Waals surface area contributed by atoms with Crippen LogP contribution in [0.2, 0.25) is 0 Å². The molecule has 18 heavy (non-hydrogen) atoms. The number of carbonyl (C=O) groups excluding carboxylic acids is 1. The van der Waals surface area contributed by atoms with Crippen LogP contribution in [0.15, 0.2) is 46.9 Å². The molecule has 5 N–H and O–H groups in total. The van der Waals surface area contributed by atoms with Gasteiger partial charge in [-0.3, -0.25) is 4.79 Å². The molecule has 2 aromatic rings. The molecule has 0 fully saturated rings. The minimum absolute atomic E-state index is 0.255. The molecule has 0 spiro atoms. The molecule has 0 saturated carbocycles. The Hall–Kier alpha value is -2.01. The van der Waals surface area contributed by atoms with Gasteiger partial charge in [-0.2, -0.15) is 0 Å². The standard InChI is InChI=1S/C13H12BrN3O/c14-8-1-4-10(5-2-8)17-13(18)11-6-3-9(15)7-12(11)16/h1-7H,15-16H2,(H,17,18). The zero-order valence-corrected chi connectivity index (χ0v) is 11.1. The van der Waals surface area contributed by atoms with Gasteiger partial charge in [0.1, 0.15) is 0 Å². The first-order valence-corrected chi connectivity index (χ1v) is 6.07. The van der Waals surface area contributed by atoms with E-state index in [0.29, 0.717) is 22.6 Å². The van der Waals surface area contributed by atoms with Gasteiger partial charge in [0.2, 0.25) is 0 Å². The van der Waals surface area contributed by atoms with Crippen molar-refractivity contribution in [3.8, 4) is 0 Å². The van der Waals surface area contributed by atoms with Gasteiger partial charge >= 0.3 is 0 Å². The predicted octanol–water partition coefficient (Wildman–Crippen LogP) is 2.87. The third-order valence-corrected chi connectivity index (χ3v) is 2.95. The van der Waals surface area contributed by atoms with Gasteiger partial charge in [-0.05, 0) is 42.5 Å². The highest BCUT2D eigenvalue weighted by atomic mass is 79.9. The lowest BCUT2D eigenvalue weighted by Gasteiger charge is -2.08. The van der Waals surface area contributed by atoms with Gasteiger partial charge < -0.3 is 16.8 Å². The molecule has 0 saturated heterocycles. The minimum Gasteiger partial charge on any atom is -0.399 e. The van der Waals surface area contributed by atoms with Gasteiger partial charge in [0, 0.05) is 21.5 Å².